The molecule has 4 N–H and O–H groups in total. The highest BCUT2D eigenvalue weighted by Gasteiger charge is 2.44. The number of carbonyl (C=O) groups is 2. The van der Waals surface area contributed by atoms with Crippen LogP contribution in [0.1, 0.15) is 32.6 Å². The molecule has 0 aliphatic heterocycles. The molecule has 1 atom stereocenters. The summed E-state index contributed by atoms with van der Waals surface area (Å²) in [6.07, 6.45) is 2.92. The molecule has 5 heteroatoms. The van der Waals surface area contributed by atoms with Crippen molar-refractivity contribution in [1.82, 2.24) is 5.32 Å². The van der Waals surface area contributed by atoms with Crippen LogP contribution >= 0.6 is 0 Å². The fourth-order valence-corrected chi connectivity index (χ4v) is 1.93. The Bertz CT molecular complexity index is 270. The molecule has 1 amide bonds. The van der Waals surface area contributed by atoms with Gasteiger partial charge in [-0.1, -0.05) is 13.3 Å². The van der Waals surface area contributed by atoms with Crippen molar-refractivity contribution >= 4 is 11.9 Å². The number of nitrogens with one attached hydrogen (secondary N) is 1. The summed E-state index contributed by atoms with van der Waals surface area (Å²) in [5, 5.41) is 11.8. The van der Waals surface area contributed by atoms with E-state index in [-0.39, 0.29) is 18.4 Å². The van der Waals surface area contributed by atoms with E-state index in [0.29, 0.717) is 25.8 Å². The summed E-state index contributed by atoms with van der Waals surface area (Å²) in [6.45, 7) is 2.44. The van der Waals surface area contributed by atoms with Crippen LogP contribution in [0.3, 0.4) is 0 Å². The van der Waals surface area contributed by atoms with Crippen LogP contribution in [0.2, 0.25) is 0 Å². The summed E-state index contributed by atoms with van der Waals surface area (Å²) in [7, 11) is 0. The number of carbonyl (C=O) groups excluding carboxylic acids is 1. The molecule has 1 saturated carbocycles. The predicted molar refractivity (Wildman–Crippen MR) is 59.8 cm³/mol. The summed E-state index contributed by atoms with van der Waals surface area (Å²) in [5.41, 5.74) is 4.73. The molecular formula is C11H20N2O3. The number of carboxylic acids is 1. The van der Waals surface area contributed by atoms with Crippen LogP contribution in [-0.2, 0) is 9.59 Å². The van der Waals surface area contributed by atoms with E-state index in [4.69, 9.17) is 10.8 Å². The molecule has 5 nitrogen and oxygen atoms in total. The first kappa shape index (κ1) is 13.0. The van der Waals surface area contributed by atoms with Gasteiger partial charge in [0.1, 0.15) is 0 Å². The van der Waals surface area contributed by atoms with Gasteiger partial charge in [-0.2, -0.15) is 0 Å². The Labute approximate surface area is 95.4 Å². The molecule has 0 saturated heterocycles. The summed E-state index contributed by atoms with van der Waals surface area (Å²) >= 11 is 0. The molecule has 16 heavy (non-hydrogen) atoms. The van der Waals surface area contributed by atoms with Crippen molar-refractivity contribution in [2.75, 3.05) is 13.1 Å². The quantitative estimate of drug-likeness (QED) is 0.611. The van der Waals surface area contributed by atoms with Crippen LogP contribution in [0, 0.1) is 11.3 Å². The number of aliphatic carboxylic acids is 1. The highest BCUT2D eigenvalue weighted by atomic mass is 16.4. The first-order valence-electron chi connectivity index (χ1n) is 5.77. The van der Waals surface area contributed by atoms with Gasteiger partial charge in [-0.25, -0.2) is 0 Å². The van der Waals surface area contributed by atoms with Gasteiger partial charge >= 0.3 is 5.97 Å². The van der Waals surface area contributed by atoms with Gasteiger partial charge in [0.2, 0.25) is 5.91 Å². The maximum absolute atomic E-state index is 11.6. The van der Waals surface area contributed by atoms with Gasteiger partial charge in [-0.05, 0) is 19.3 Å². The number of hydrogen-bond acceptors (Lipinski definition) is 3. The van der Waals surface area contributed by atoms with Crippen molar-refractivity contribution in [1.29, 1.82) is 0 Å². The smallest absolute Gasteiger partial charge is 0.311 e. The lowest BCUT2D eigenvalue weighted by Gasteiger charge is -2.37. The van der Waals surface area contributed by atoms with Crippen LogP contribution in [0.4, 0.5) is 0 Å². The second-order valence-electron chi connectivity index (χ2n) is 4.50. The normalized spacial score (nSPS) is 19.6. The molecule has 0 aromatic heterocycles. The lowest BCUT2D eigenvalue weighted by Crippen LogP contribution is -2.49. The molecule has 0 spiro atoms. The minimum atomic E-state index is -0.806. The van der Waals surface area contributed by atoms with Gasteiger partial charge in [0, 0.05) is 19.0 Å². The molecule has 1 aliphatic carbocycles. The van der Waals surface area contributed by atoms with Gasteiger partial charge < -0.3 is 16.2 Å². The third kappa shape index (κ3) is 2.52. The number of amides is 1. The van der Waals surface area contributed by atoms with E-state index >= 15 is 0 Å². The van der Waals surface area contributed by atoms with Crippen LogP contribution in [0.15, 0.2) is 0 Å². The maximum atomic E-state index is 11.6. The largest absolute Gasteiger partial charge is 0.481 e. The van der Waals surface area contributed by atoms with E-state index in [1.165, 1.54) is 0 Å². The Balaban J connectivity index is 2.44. The van der Waals surface area contributed by atoms with Crippen LogP contribution in [0.25, 0.3) is 0 Å². The van der Waals surface area contributed by atoms with Gasteiger partial charge in [0.25, 0.3) is 0 Å². The van der Waals surface area contributed by atoms with Gasteiger partial charge in [0.05, 0.1) is 5.41 Å². The zero-order chi connectivity index (χ0) is 12.2. The third-order valence-corrected chi connectivity index (χ3v) is 3.51. The highest BCUT2D eigenvalue weighted by Crippen LogP contribution is 2.40. The Morgan fingerprint density at radius 2 is 2.12 bits per heavy atom. The zero-order valence-corrected chi connectivity index (χ0v) is 9.66. The molecule has 0 aromatic carbocycles. The van der Waals surface area contributed by atoms with Crippen LogP contribution < -0.4 is 11.1 Å². The molecule has 1 rings (SSSR count). The molecule has 92 valence electrons. The molecule has 0 heterocycles. The van der Waals surface area contributed by atoms with Crippen molar-refractivity contribution < 1.29 is 14.7 Å². The molecule has 0 bridgehead atoms. The monoisotopic (exact) mass is 228 g/mol. The minimum absolute atomic E-state index is 0.127. The number of carboxylic acid groups (broad SMARTS) is 1. The summed E-state index contributed by atoms with van der Waals surface area (Å²) in [4.78, 5) is 22.7. The predicted octanol–water partition coefficient (Wildman–Crippen LogP) is 0.342. The maximum Gasteiger partial charge on any atom is 0.311 e. The summed E-state index contributed by atoms with van der Waals surface area (Å²) < 4.78 is 0. The van der Waals surface area contributed by atoms with E-state index < -0.39 is 11.4 Å². The molecule has 1 aliphatic rings. The van der Waals surface area contributed by atoms with E-state index in [1.54, 1.807) is 0 Å². The zero-order valence-electron chi connectivity index (χ0n) is 9.66. The van der Waals surface area contributed by atoms with Crippen LogP contribution in [0.5, 0.6) is 0 Å². The summed E-state index contributed by atoms with van der Waals surface area (Å²) in [5.74, 6) is -1.14. The van der Waals surface area contributed by atoms with Crippen molar-refractivity contribution in [2.45, 2.75) is 32.6 Å². The van der Waals surface area contributed by atoms with E-state index in [2.05, 4.69) is 5.32 Å². The van der Waals surface area contributed by atoms with E-state index in [1.807, 2.05) is 6.92 Å². The first-order chi connectivity index (χ1) is 7.55. The number of rotatable bonds is 6. The lowest BCUT2D eigenvalue weighted by atomic mass is 9.68. The first-order valence-corrected chi connectivity index (χ1v) is 5.77. The van der Waals surface area contributed by atoms with Crippen LogP contribution in [-0.4, -0.2) is 30.1 Å². The van der Waals surface area contributed by atoms with Gasteiger partial charge in [0.15, 0.2) is 0 Å². The second-order valence-corrected chi connectivity index (χ2v) is 4.50. The highest BCUT2D eigenvalue weighted by molar-refractivity contribution is 5.81. The molecule has 0 aromatic rings. The lowest BCUT2D eigenvalue weighted by molar-refractivity contribution is -0.154. The number of nitrogens with two attached hydrogens (primary N) is 1. The van der Waals surface area contributed by atoms with Crippen molar-refractivity contribution in [3.05, 3.63) is 0 Å². The molecular weight excluding hydrogens is 208 g/mol. The third-order valence-electron chi connectivity index (χ3n) is 3.51. The van der Waals surface area contributed by atoms with Crippen molar-refractivity contribution in [3.63, 3.8) is 0 Å². The van der Waals surface area contributed by atoms with E-state index in [0.717, 1.165) is 6.42 Å². The Kier molecular flexibility index (Phi) is 4.29. The SMILES string of the molecule is CCC(CN)C(=O)NCC1(C(=O)O)CCC1. The average molecular weight is 228 g/mol. The summed E-state index contributed by atoms with van der Waals surface area (Å²) in [6, 6.07) is 0. The van der Waals surface area contributed by atoms with E-state index in [9.17, 15) is 9.59 Å². The average Bonchev–Trinajstić information content (AvgIpc) is 2.17. The standard InChI is InChI=1S/C11H20N2O3/c1-2-8(6-12)9(14)13-7-11(10(15)16)4-3-5-11/h8H,2-7,12H2,1H3,(H,13,14)(H,15,16). The Hall–Kier alpha value is -1.10. The second kappa shape index (κ2) is 5.30. The van der Waals surface area contributed by atoms with Gasteiger partial charge in [-0.3, -0.25) is 9.59 Å². The van der Waals surface area contributed by atoms with Gasteiger partial charge in [-0.15, -0.1) is 0 Å². The Morgan fingerprint density at radius 1 is 1.50 bits per heavy atom. The van der Waals surface area contributed by atoms with Crippen molar-refractivity contribution in [3.8, 4) is 0 Å². The minimum Gasteiger partial charge on any atom is -0.481 e. The molecule has 1 fully saturated rings. The Morgan fingerprint density at radius 3 is 2.44 bits per heavy atom. The fraction of sp³-hybridized carbons (Fsp3) is 0.818. The van der Waals surface area contributed by atoms with Crippen molar-refractivity contribution in [2.24, 2.45) is 17.1 Å². The topological polar surface area (TPSA) is 92.4 Å². The fourth-order valence-electron chi connectivity index (χ4n) is 1.93. The molecule has 0 radical (unpaired) electrons. The molecule has 1 unspecified atom stereocenters. The number of hydrogen-bond donors (Lipinski definition) is 3.